The van der Waals surface area contributed by atoms with Crippen molar-refractivity contribution >= 4 is 27.5 Å². The van der Waals surface area contributed by atoms with Gasteiger partial charge >= 0.3 is 0 Å². The van der Waals surface area contributed by atoms with Gasteiger partial charge in [0.15, 0.2) is 0 Å². The number of nitrogens with one attached hydrogen (secondary N) is 1. The van der Waals surface area contributed by atoms with Crippen molar-refractivity contribution in [3.8, 4) is 6.07 Å². The number of hydrogen-bond donors (Lipinski definition) is 1. The number of halogens is 1. The summed E-state index contributed by atoms with van der Waals surface area (Å²) in [5.41, 5.74) is -0.829. The maximum absolute atomic E-state index is 12.1. The maximum atomic E-state index is 12.1. The molecular formula is C12H10BrN3O3. The Morgan fingerprint density at radius 2 is 2.21 bits per heavy atom. The molecule has 0 saturated heterocycles. The molecule has 1 aliphatic carbocycles. The van der Waals surface area contributed by atoms with E-state index in [4.69, 9.17) is 5.26 Å². The molecule has 0 unspecified atom stereocenters. The fourth-order valence-electron chi connectivity index (χ4n) is 1.92. The minimum atomic E-state index is -0.818. The molecule has 0 heterocycles. The van der Waals surface area contributed by atoms with E-state index in [-0.39, 0.29) is 15.7 Å². The van der Waals surface area contributed by atoms with Crippen LogP contribution in [0, 0.1) is 21.4 Å². The molecule has 2 rings (SSSR count). The van der Waals surface area contributed by atoms with Crippen molar-refractivity contribution in [1.82, 2.24) is 5.32 Å². The number of nitro benzene ring substituents is 1. The van der Waals surface area contributed by atoms with Gasteiger partial charge < -0.3 is 5.32 Å². The Bertz CT molecular complexity index is 590. The van der Waals surface area contributed by atoms with Gasteiger partial charge in [0.2, 0.25) is 0 Å². The van der Waals surface area contributed by atoms with E-state index in [0.29, 0.717) is 12.8 Å². The summed E-state index contributed by atoms with van der Waals surface area (Å²) in [7, 11) is 0. The zero-order valence-corrected chi connectivity index (χ0v) is 11.4. The normalized spacial score (nSPS) is 16.0. The Balaban J connectivity index is 2.28. The zero-order valence-electron chi connectivity index (χ0n) is 9.85. The topological polar surface area (TPSA) is 96.0 Å². The van der Waals surface area contributed by atoms with Gasteiger partial charge in [-0.3, -0.25) is 14.9 Å². The third kappa shape index (κ3) is 2.44. The second-order valence-electron chi connectivity index (χ2n) is 4.40. The molecule has 1 saturated carbocycles. The van der Waals surface area contributed by atoms with Gasteiger partial charge in [0, 0.05) is 6.07 Å². The standard InChI is InChI=1S/C12H10BrN3O3/c13-10-8(3-1-4-9(10)16(18)19)11(17)15-12(7-14)5-2-6-12/h1,3-4H,2,5-6H2,(H,15,17). The summed E-state index contributed by atoms with van der Waals surface area (Å²) in [6.07, 6.45) is 2.12. The van der Waals surface area contributed by atoms with Gasteiger partial charge in [-0.2, -0.15) is 5.26 Å². The van der Waals surface area contributed by atoms with Gasteiger partial charge in [0.1, 0.15) is 10.0 Å². The Morgan fingerprint density at radius 1 is 1.53 bits per heavy atom. The first-order valence-electron chi connectivity index (χ1n) is 5.66. The first kappa shape index (κ1) is 13.5. The Kier molecular flexibility index (Phi) is 3.53. The molecule has 1 aromatic rings. The van der Waals surface area contributed by atoms with Crippen LogP contribution in [-0.4, -0.2) is 16.4 Å². The van der Waals surface area contributed by atoms with E-state index >= 15 is 0 Å². The van der Waals surface area contributed by atoms with Crippen molar-refractivity contribution in [2.24, 2.45) is 0 Å². The molecule has 98 valence electrons. The summed E-state index contributed by atoms with van der Waals surface area (Å²) in [5.74, 6) is -0.475. The molecule has 0 spiro atoms. The van der Waals surface area contributed by atoms with Crippen molar-refractivity contribution < 1.29 is 9.72 Å². The highest BCUT2D eigenvalue weighted by Gasteiger charge is 2.39. The second-order valence-corrected chi connectivity index (χ2v) is 5.19. The number of amides is 1. The van der Waals surface area contributed by atoms with Crippen molar-refractivity contribution in [3.63, 3.8) is 0 Å². The fourth-order valence-corrected chi connectivity index (χ4v) is 2.51. The number of nitriles is 1. The van der Waals surface area contributed by atoms with E-state index in [1.54, 1.807) is 0 Å². The van der Waals surface area contributed by atoms with Gasteiger partial charge in [-0.25, -0.2) is 0 Å². The highest BCUT2D eigenvalue weighted by Crippen LogP contribution is 2.33. The van der Waals surface area contributed by atoms with Crippen molar-refractivity contribution in [2.75, 3.05) is 0 Å². The summed E-state index contributed by atoms with van der Waals surface area (Å²) >= 11 is 3.07. The minimum Gasteiger partial charge on any atom is -0.334 e. The van der Waals surface area contributed by atoms with E-state index in [1.165, 1.54) is 18.2 Å². The largest absolute Gasteiger partial charge is 0.334 e. The summed E-state index contributed by atoms with van der Waals surface area (Å²) < 4.78 is 0.130. The average molecular weight is 324 g/mol. The predicted octanol–water partition coefficient (Wildman–Crippen LogP) is 2.53. The van der Waals surface area contributed by atoms with Crippen LogP contribution in [0.2, 0.25) is 0 Å². The predicted molar refractivity (Wildman–Crippen MR) is 70.5 cm³/mol. The highest BCUT2D eigenvalue weighted by molar-refractivity contribution is 9.10. The summed E-state index contributed by atoms with van der Waals surface area (Å²) in [6.45, 7) is 0. The summed E-state index contributed by atoms with van der Waals surface area (Å²) in [5, 5.41) is 22.5. The van der Waals surface area contributed by atoms with Crippen molar-refractivity contribution in [1.29, 1.82) is 5.26 Å². The lowest BCUT2D eigenvalue weighted by atomic mass is 9.78. The molecule has 1 N–H and O–H groups in total. The first-order chi connectivity index (χ1) is 8.99. The van der Waals surface area contributed by atoms with Crippen LogP contribution in [-0.2, 0) is 0 Å². The van der Waals surface area contributed by atoms with Gasteiger partial charge in [-0.1, -0.05) is 6.07 Å². The van der Waals surface area contributed by atoms with Gasteiger partial charge in [-0.15, -0.1) is 0 Å². The minimum absolute atomic E-state index is 0.130. The molecule has 0 radical (unpaired) electrons. The second kappa shape index (κ2) is 4.97. The van der Waals surface area contributed by atoms with Crippen LogP contribution in [0.1, 0.15) is 29.6 Å². The van der Waals surface area contributed by atoms with E-state index in [0.717, 1.165) is 6.42 Å². The van der Waals surface area contributed by atoms with Gasteiger partial charge in [0.05, 0.1) is 16.6 Å². The number of carbonyl (C=O) groups is 1. The highest BCUT2D eigenvalue weighted by atomic mass is 79.9. The van der Waals surface area contributed by atoms with Crippen molar-refractivity contribution in [2.45, 2.75) is 24.8 Å². The molecule has 1 fully saturated rings. The van der Waals surface area contributed by atoms with E-state index in [1.807, 2.05) is 0 Å². The van der Waals surface area contributed by atoms with Crippen LogP contribution in [0.3, 0.4) is 0 Å². The van der Waals surface area contributed by atoms with E-state index in [9.17, 15) is 14.9 Å². The molecule has 1 amide bonds. The molecule has 0 aromatic heterocycles. The lowest BCUT2D eigenvalue weighted by Gasteiger charge is -2.35. The number of carbonyl (C=O) groups excluding carboxylic acids is 1. The lowest BCUT2D eigenvalue weighted by Crippen LogP contribution is -2.52. The lowest BCUT2D eigenvalue weighted by molar-refractivity contribution is -0.385. The monoisotopic (exact) mass is 323 g/mol. The Labute approximate surface area is 117 Å². The molecule has 0 aliphatic heterocycles. The molecule has 0 atom stereocenters. The van der Waals surface area contributed by atoms with Gasteiger partial charge in [0.25, 0.3) is 11.6 Å². The van der Waals surface area contributed by atoms with Gasteiger partial charge in [-0.05, 0) is 41.3 Å². The van der Waals surface area contributed by atoms with Crippen LogP contribution in [0.25, 0.3) is 0 Å². The van der Waals surface area contributed by atoms with Crippen LogP contribution in [0.5, 0.6) is 0 Å². The van der Waals surface area contributed by atoms with Crippen LogP contribution in [0.15, 0.2) is 22.7 Å². The summed E-state index contributed by atoms with van der Waals surface area (Å²) in [6, 6.07) is 6.33. The molecule has 19 heavy (non-hydrogen) atoms. The smallest absolute Gasteiger partial charge is 0.284 e. The quantitative estimate of drug-likeness (QED) is 0.682. The number of benzene rings is 1. The molecule has 6 nitrogen and oxygen atoms in total. The van der Waals surface area contributed by atoms with Crippen LogP contribution < -0.4 is 5.32 Å². The average Bonchev–Trinajstić information content (AvgIpc) is 2.33. The number of rotatable bonds is 3. The maximum Gasteiger partial charge on any atom is 0.284 e. The molecule has 0 bridgehead atoms. The van der Waals surface area contributed by atoms with E-state index < -0.39 is 16.4 Å². The molecule has 7 heteroatoms. The number of hydrogen-bond acceptors (Lipinski definition) is 4. The Morgan fingerprint density at radius 3 is 2.68 bits per heavy atom. The third-order valence-corrected chi connectivity index (χ3v) is 4.03. The SMILES string of the molecule is N#CC1(NC(=O)c2cccc([N+](=O)[O-])c2Br)CCC1. The third-order valence-electron chi connectivity index (χ3n) is 3.19. The number of nitro groups is 1. The molecular weight excluding hydrogens is 314 g/mol. The zero-order chi connectivity index (χ0) is 14.0. The first-order valence-corrected chi connectivity index (χ1v) is 6.45. The Hall–Kier alpha value is -1.94. The summed E-state index contributed by atoms with van der Waals surface area (Å²) in [4.78, 5) is 22.3. The van der Waals surface area contributed by atoms with Crippen LogP contribution in [0.4, 0.5) is 5.69 Å². The van der Waals surface area contributed by atoms with Crippen molar-refractivity contribution in [3.05, 3.63) is 38.3 Å². The number of nitrogens with zero attached hydrogens (tertiary/aromatic N) is 2. The van der Waals surface area contributed by atoms with E-state index in [2.05, 4.69) is 27.3 Å². The molecule has 1 aromatic carbocycles. The van der Waals surface area contributed by atoms with Crippen LogP contribution >= 0.6 is 15.9 Å². The molecule has 1 aliphatic rings. The fraction of sp³-hybridized carbons (Fsp3) is 0.333.